The maximum Gasteiger partial charge on any atom is 0.222 e. The number of carbonyl (C=O) groups is 1. The Balaban J connectivity index is 2.29. The number of nitriles is 1. The van der Waals surface area contributed by atoms with E-state index in [9.17, 15) is 4.79 Å². The first-order valence-corrected chi connectivity index (χ1v) is 7.23. The molecule has 0 saturated carbocycles. The quantitative estimate of drug-likeness (QED) is 0.647. The minimum absolute atomic E-state index is 0.173. The summed E-state index contributed by atoms with van der Waals surface area (Å²) >= 11 is 1.42. The fourth-order valence-corrected chi connectivity index (χ4v) is 2.51. The lowest BCUT2D eigenvalue weighted by molar-refractivity contribution is -0.122. The molecule has 1 aromatic rings. The minimum atomic E-state index is -0.289. The molecule has 19 heavy (non-hydrogen) atoms. The van der Waals surface area contributed by atoms with Crippen molar-refractivity contribution in [2.75, 3.05) is 24.2 Å². The summed E-state index contributed by atoms with van der Waals surface area (Å²) in [5.41, 5.74) is 5.80. The van der Waals surface area contributed by atoms with E-state index >= 15 is 0 Å². The van der Waals surface area contributed by atoms with Gasteiger partial charge in [-0.1, -0.05) is 11.8 Å². The van der Waals surface area contributed by atoms with E-state index < -0.39 is 0 Å². The van der Waals surface area contributed by atoms with Gasteiger partial charge in [-0.05, 0) is 19.1 Å². The number of nitrogens with zero attached hydrogens (tertiary/aromatic N) is 4. The topological polar surface area (TPSA) is 95.9 Å². The third kappa shape index (κ3) is 2.96. The van der Waals surface area contributed by atoms with E-state index in [1.54, 1.807) is 0 Å². The molecule has 0 bridgehead atoms. The molecule has 1 saturated heterocycles. The van der Waals surface area contributed by atoms with Crippen LogP contribution in [0.15, 0.2) is 11.4 Å². The molecular formula is C12H15N5OS. The van der Waals surface area contributed by atoms with Crippen LogP contribution < -0.4 is 10.6 Å². The summed E-state index contributed by atoms with van der Waals surface area (Å²) in [5.74, 6) is 0.142. The van der Waals surface area contributed by atoms with E-state index in [-0.39, 0.29) is 11.8 Å². The molecule has 1 amide bonds. The van der Waals surface area contributed by atoms with Gasteiger partial charge in [0.25, 0.3) is 0 Å². The van der Waals surface area contributed by atoms with Crippen molar-refractivity contribution in [2.45, 2.75) is 18.0 Å². The highest BCUT2D eigenvalue weighted by Crippen LogP contribution is 2.25. The Labute approximate surface area is 116 Å². The number of primary amides is 1. The van der Waals surface area contributed by atoms with Crippen LogP contribution in [0.1, 0.15) is 18.4 Å². The summed E-state index contributed by atoms with van der Waals surface area (Å²) < 4.78 is 0. The van der Waals surface area contributed by atoms with Crippen molar-refractivity contribution in [3.63, 3.8) is 0 Å². The third-order valence-electron chi connectivity index (χ3n) is 3.17. The van der Waals surface area contributed by atoms with Gasteiger partial charge in [0.2, 0.25) is 5.91 Å². The second kappa shape index (κ2) is 5.89. The fraction of sp³-hybridized carbons (Fsp3) is 0.500. The largest absolute Gasteiger partial charge is 0.369 e. The van der Waals surface area contributed by atoms with Crippen molar-refractivity contribution in [1.29, 1.82) is 5.26 Å². The number of rotatable bonds is 3. The number of nitrogens with two attached hydrogens (primary N) is 1. The molecule has 1 aromatic heterocycles. The molecule has 1 unspecified atom stereocenters. The van der Waals surface area contributed by atoms with Crippen molar-refractivity contribution in [2.24, 2.45) is 11.7 Å². The molecule has 0 aromatic carbocycles. The number of thioether (sulfide) groups is 1. The molecule has 0 aliphatic carbocycles. The first kappa shape index (κ1) is 13.6. The molecule has 1 aliphatic heterocycles. The van der Waals surface area contributed by atoms with Gasteiger partial charge < -0.3 is 10.6 Å². The minimum Gasteiger partial charge on any atom is -0.369 e. The van der Waals surface area contributed by atoms with Crippen LogP contribution in [0, 0.1) is 17.2 Å². The first-order chi connectivity index (χ1) is 9.15. The molecule has 0 spiro atoms. The summed E-state index contributed by atoms with van der Waals surface area (Å²) in [6.07, 6.45) is 5.08. The van der Waals surface area contributed by atoms with Crippen molar-refractivity contribution in [1.82, 2.24) is 9.97 Å². The zero-order valence-corrected chi connectivity index (χ0v) is 11.5. The fourth-order valence-electron chi connectivity index (χ4n) is 2.18. The van der Waals surface area contributed by atoms with E-state index in [4.69, 9.17) is 11.0 Å². The van der Waals surface area contributed by atoms with Crippen LogP contribution in [0.2, 0.25) is 0 Å². The van der Waals surface area contributed by atoms with Crippen molar-refractivity contribution >= 4 is 23.5 Å². The predicted octanol–water partition coefficient (Wildman–Crippen LogP) is 0.772. The molecule has 6 nitrogen and oxygen atoms in total. The van der Waals surface area contributed by atoms with Crippen LogP contribution in [0.5, 0.6) is 0 Å². The van der Waals surface area contributed by atoms with Gasteiger partial charge in [-0.2, -0.15) is 5.26 Å². The van der Waals surface area contributed by atoms with E-state index in [2.05, 4.69) is 16.0 Å². The number of piperidine rings is 1. The number of amides is 1. The highest BCUT2D eigenvalue weighted by Gasteiger charge is 2.26. The molecule has 2 rings (SSSR count). The van der Waals surface area contributed by atoms with Gasteiger partial charge in [-0.25, -0.2) is 9.97 Å². The normalized spacial score (nSPS) is 18.9. The van der Waals surface area contributed by atoms with E-state index in [0.717, 1.165) is 19.4 Å². The smallest absolute Gasteiger partial charge is 0.222 e. The lowest BCUT2D eigenvalue weighted by Crippen LogP contribution is -2.41. The van der Waals surface area contributed by atoms with Crippen molar-refractivity contribution in [3.8, 4) is 6.07 Å². The third-order valence-corrected chi connectivity index (χ3v) is 3.73. The van der Waals surface area contributed by atoms with Crippen LogP contribution in [-0.2, 0) is 4.79 Å². The number of carbonyl (C=O) groups excluding carboxylic acids is 1. The van der Waals surface area contributed by atoms with Gasteiger partial charge in [0, 0.05) is 13.1 Å². The van der Waals surface area contributed by atoms with Crippen LogP contribution in [0.4, 0.5) is 5.82 Å². The average molecular weight is 277 g/mol. The van der Waals surface area contributed by atoms with Crippen LogP contribution in [-0.4, -0.2) is 35.2 Å². The lowest BCUT2D eigenvalue weighted by atomic mass is 9.97. The Hall–Kier alpha value is -1.81. The molecule has 2 heterocycles. The highest BCUT2D eigenvalue weighted by molar-refractivity contribution is 7.98. The molecule has 1 atom stereocenters. The Kier molecular flexibility index (Phi) is 4.22. The zero-order valence-electron chi connectivity index (χ0n) is 10.7. The number of anilines is 1. The summed E-state index contributed by atoms with van der Waals surface area (Å²) in [5, 5.41) is 9.75. The zero-order chi connectivity index (χ0) is 13.8. The number of hydrogen-bond acceptors (Lipinski definition) is 6. The molecule has 7 heteroatoms. The maximum absolute atomic E-state index is 11.3. The Morgan fingerprint density at radius 2 is 2.47 bits per heavy atom. The standard InChI is InChI=1S/C12H15N5OS/c1-19-12-15-6-9(5-13)11(16-12)17-4-2-3-8(7-17)10(14)18/h6,8H,2-4,7H2,1H3,(H2,14,18). The Morgan fingerprint density at radius 3 is 3.11 bits per heavy atom. The van der Waals surface area contributed by atoms with Gasteiger partial charge in [0.05, 0.1) is 12.1 Å². The van der Waals surface area contributed by atoms with E-state index in [0.29, 0.717) is 23.1 Å². The first-order valence-electron chi connectivity index (χ1n) is 6.01. The summed E-state index contributed by atoms with van der Waals surface area (Å²) in [7, 11) is 0. The highest BCUT2D eigenvalue weighted by atomic mass is 32.2. The Bertz CT molecular complexity index is 527. The Morgan fingerprint density at radius 1 is 1.68 bits per heavy atom. The van der Waals surface area contributed by atoms with Gasteiger partial charge >= 0.3 is 0 Å². The van der Waals surface area contributed by atoms with E-state index in [1.165, 1.54) is 18.0 Å². The second-order valence-corrected chi connectivity index (χ2v) is 5.17. The van der Waals surface area contributed by atoms with E-state index in [1.807, 2.05) is 11.2 Å². The average Bonchev–Trinajstić information content (AvgIpc) is 2.46. The predicted molar refractivity (Wildman–Crippen MR) is 72.7 cm³/mol. The molecule has 1 fully saturated rings. The maximum atomic E-state index is 11.3. The molecule has 1 aliphatic rings. The van der Waals surface area contributed by atoms with Gasteiger partial charge in [-0.3, -0.25) is 4.79 Å². The van der Waals surface area contributed by atoms with Crippen molar-refractivity contribution < 1.29 is 4.79 Å². The summed E-state index contributed by atoms with van der Waals surface area (Å²) in [6.45, 7) is 1.30. The molecular weight excluding hydrogens is 262 g/mol. The lowest BCUT2D eigenvalue weighted by Gasteiger charge is -2.32. The van der Waals surface area contributed by atoms with Crippen LogP contribution in [0.3, 0.4) is 0 Å². The van der Waals surface area contributed by atoms with Crippen LogP contribution >= 0.6 is 11.8 Å². The number of aromatic nitrogens is 2. The van der Waals surface area contributed by atoms with Crippen LogP contribution in [0.25, 0.3) is 0 Å². The summed E-state index contributed by atoms with van der Waals surface area (Å²) in [4.78, 5) is 21.7. The van der Waals surface area contributed by atoms with Gasteiger partial charge in [-0.15, -0.1) is 0 Å². The molecule has 2 N–H and O–H groups in total. The van der Waals surface area contributed by atoms with Gasteiger partial charge in [0.15, 0.2) is 11.0 Å². The number of hydrogen-bond donors (Lipinski definition) is 1. The van der Waals surface area contributed by atoms with Crippen molar-refractivity contribution in [3.05, 3.63) is 11.8 Å². The summed E-state index contributed by atoms with van der Waals surface area (Å²) in [6, 6.07) is 2.10. The monoisotopic (exact) mass is 277 g/mol. The molecule has 100 valence electrons. The molecule has 0 radical (unpaired) electrons. The SMILES string of the molecule is CSc1ncc(C#N)c(N2CCCC(C(N)=O)C2)n1. The van der Waals surface area contributed by atoms with Gasteiger partial charge in [0.1, 0.15) is 11.6 Å². The second-order valence-electron chi connectivity index (χ2n) is 4.39.